The van der Waals surface area contributed by atoms with Crippen molar-refractivity contribution >= 4 is 21.6 Å². The van der Waals surface area contributed by atoms with E-state index in [0.717, 1.165) is 12.0 Å². The van der Waals surface area contributed by atoms with Crippen LogP contribution in [-0.2, 0) is 22.8 Å². The van der Waals surface area contributed by atoms with Crippen LogP contribution < -0.4 is 4.90 Å². The Balaban J connectivity index is 1.70. The van der Waals surface area contributed by atoms with Crippen molar-refractivity contribution in [1.82, 2.24) is 4.90 Å². The third kappa shape index (κ3) is 3.20. The van der Waals surface area contributed by atoms with Gasteiger partial charge in [-0.15, -0.1) is 0 Å². The lowest BCUT2D eigenvalue weighted by Crippen LogP contribution is -2.37. The lowest BCUT2D eigenvalue weighted by Gasteiger charge is -2.23. The zero-order chi connectivity index (χ0) is 19.2. The van der Waals surface area contributed by atoms with Gasteiger partial charge in [0.15, 0.2) is 9.84 Å². The highest BCUT2D eigenvalue weighted by atomic mass is 32.2. The first kappa shape index (κ1) is 18.0. The fourth-order valence-corrected chi connectivity index (χ4v) is 5.92. The minimum atomic E-state index is -3.25. The number of benzene rings is 2. The zero-order valence-corrected chi connectivity index (χ0v) is 15.8. The Kier molecular flexibility index (Phi) is 4.42. The number of anilines is 1. The molecule has 2 saturated heterocycles. The van der Waals surface area contributed by atoms with E-state index in [0.29, 0.717) is 11.3 Å². The number of sulfone groups is 1. The number of halogens is 1. The van der Waals surface area contributed by atoms with Crippen LogP contribution in [0.15, 0.2) is 48.5 Å². The van der Waals surface area contributed by atoms with Crippen LogP contribution in [0.2, 0.25) is 0 Å². The van der Waals surface area contributed by atoms with Crippen molar-refractivity contribution in [3.8, 4) is 0 Å². The molecule has 0 spiro atoms. The molecule has 2 aliphatic heterocycles. The molecular weight excluding hydrogens is 367 g/mol. The van der Waals surface area contributed by atoms with Gasteiger partial charge in [-0.05, 0) is 30.2 Å². The summed E-state index contributed by atoms with van der Waals surface area (Å²) in [5, 5.41) is 0. The SMILES string of the molecule is CCc1ccc(N2C(=O)N(Cc3ccccc3F)[C@H]3CS(=O)(=O)C[C@H]32)cc1. The quantitative estimate of drug-likeness (QED) is 0.757. The van der Waals surface area contributed by atoms with Gasteiger partial charge in [-0.3, -0.25) is 4.90 Å². The molecule has 7 heteroatoms. The fraction of sp³-hybridized carbons (Fsp3) is 0.350. The Labute approximate surface area is 158 Å². The third-order valence-electron chi connectivity index (χ3n) is 5.40. The summed E-state index contributed by atoms with van der Waals surface area (Å²) in [6.07, 6.45) is 0.883. The summed E-state index contributed by atoms with van der Waals surface area (Å²) in [6, 6.07) is 12.7. The number of nitrogens with zero attached hydrogens (tertiary/aromatic N) is 2. The summed E-state index contributed by atoms with van der Waals surface area (Å²) >= 11 is 0. The first-order valence-corrected chi connectivity index (χ1v) is 10.8. The van der Waals surface area contributed by atoms with E-state index in [1.165, 1.54) is 11.0 Å². The topological polar surface area (TPSA) is 57.7 Å². The Morgan fingerprint density at radius 2 is 1.70 bits per heavy atom. The fourth-order valence-electron chi connectivity index (χ4n) is 3.97. The summed E-state index contributed by atoms with van der Waals surface area (Å²) in [6.45, 7) is 2.11. The number of amides is 2. The predicted octanol–water partition coefficient (Wildman–Crippen LogP) is 3.00. The normalized spacial score (nSPS) is 23.7. The van der Waals surface area contributed by atoms with E-state index in [2.05, 4.69) is 0 Å². The van der Waals surface area contributed by atoms with Crippen LogP contribution in [-0.4, -0.2) is 42.9 Å². The van der Waals surface area contributed by atoms with Crippen molar-refractivity contribution in [2.45, 2.75) is 32.0 Å². The largest absolute Gasteiger partial charge is 0.325 e. The first-order valence-electron chi connectivity index (χ1n) is 9.02. The highest BCUT2D eigenvalue weighted by Gasteiger charge is 2.53. The summed E-state index contributed by atoms with van der Waals surface area (Å²) < 4.78 is 38.6. The summed E-state index contributed by atoms with van der Waals surface area (Å²) in [4.78, 5) is 16.2. The number of urea groups is 1. The first-order chi connectivity index (χ1) is 12.9. The van der Waals surface area contributed by atoms with Gasteiger partial charge >= 0.3 is 6.03 Å². The van der Waals surface area contributed by atoms with Crippen molar-refractivity contribution < 1.29 is 17.6 Å². The molecule has 0 N–H and O–H groups in total. The molecule has 0 unspecified atom stereocenters. The van der Waals surface area contributed by atoms with Crippen molar-refractivity contribution in [2.24, 2.45) is 0 Å². The van der Waals surface area contributed by atoms with Gasteiger partial charge in [-0.1, -0.05) is 37.3 Å². The predicted molar refractivity (Wildman–Crippen MR) is 102 cm³/mol. The number of hydrogen-bond donors (Lipinski definition) is 0. The smallest absolute Gasteiger partial charge is 0.314 e. The average molecular weight is 388 g/mol. The van der Waals surface area contributed by atoms with Gasteiger partial charge in [0.1, 0.15) is 5.82 Å². The van der Waals surface area contributed by atoms with Crippen molar-refractivity contribution in [3.63, 3.8) is 0 Å². The van der Waals surface area contributed by atoms with Crippen LogP contribution in [0.25, 0.3) is 0 Å². The number of hydrogen-bond acceptors (Lipinski definition) is 3. The van der Waals surface area contributed by atoms with E-state index >= 15 is 0 Å². The molecule has 0 saturated carbocycles. The second-order valence-corrected chi connectivity index (χ2v) is 9.26. The summed E-state index contributed by atoms with van der Waals surface area (Å²) in [5.41, 5.74) is 2.21. The molecule has 27 heavy (non-hydrogen) atoms. The molecule has 142 valence electrons. The lowest BCUT2D eigenvalue weighted by atomic mass is 10.1. The maximum Gasteiger partial charge on any atom is 0.325 e. The van der Waals surface area contributed by atoms with Gasteiger partial charge < -0.3 is 4.90 Å². The molecule has 2 amide bonds. The number of carbonyl (C=O) groups is 1. The molecule has 2 aromatic rings. The zero-order valence-electron chi connectivity index (χ0n) is 15.0. The lowest BCUT2D eigenvalue weighted by molar-refractivity contribution is 0.205. The van der Waals surface area contributed by atoms with Crippen molar-refractivity contribution in [3.05, 3.63) is 65.5 Å². The Morgan fingerprint density at radius 1 is 1.04 bits per heavy atom. The monoisotopic (exact) mass is 388 g/mol. The second-order valence-electron chi connectivity index (χ2n) is 7.10. The van der Waals surface area contributed by atoms with E-state index in [-0.39, 0.29) is 24.1 Å². The van der Waals surface area contributed by atoms with Crippen LogP contribution in [0.4, 0.5) is 14.9 Å². The number of rotatable bonds is 4. The third-order valence-corrected chi connectivity index (χ3v) is 7.10. The van der Waals surface area contributed by atoms with E-state index in [9.17, 15) is 17.6 Å². The van der Waals surface area contributed by atoms with E-state index in [1.807, 2.05) is 31.2 Å². The van der Waals surface area contributed by atoms with Gasteiger partial charge in [0.25, 0.3) is 0 Å². The van der Waals surface area contributed by atoms with E-state index in [4.69, 9.17) is 0 Å². The van der Waals surface area contributed by atoms with Crippen LogP contribution in [0.5, 0.6) is 0 Å². The molecule has 2 heterocycles. The van der Waals surface area contributed by atoms with Gasteiger partial charge in [-0.2, -0.15) is 0 Å². The van der Waals surface area contributed by atoms with Gasteiger partial charge in [0.05, 0.1) is 30.1 Å². The summed E-state index contributed by atoms with van der Waals surface area (Å²) in [7, 11) is -3.25. The number of carbonyl (C=O) groups excluding carboxylic acids is 1. The molecule has 2 atom stereocenters. The van der Waals surface area contributed by atoms with Gasteiger partial charge in [0, 0.05) is 11.3 Å². The van der Waals surface area contributed by atoms with Gasteiger partial charge in [-0.25, -0.2) is 17.6 Å². The molecule has 2 aromatic carbocycles. The standard InChI is InChI=1S/C20H21FN2O3S/c1-2-14-7-9-16(10-8-14)23-19-13-27(25,26)12-18(19)22(20(23)24)11-15-5-3-4-6-17(15)21/h3-10,18-19H,2,11-13H2,1H3/t18-,19+/m0/s1. The Bertz CT molecular complexity index is 975. The minimum absolute atomic E-state index is 0.0612. The number of fused-ring (bicyclic) bond motifs is 1. The number of aryl methyl sites for hydroxylation is 1. The molecule has 2 fully saturated rings. The maximum atomic E-state index is 14.1. The maximum absolute atomic E-state index is 14.1. The second kappa shape index (κ2) is 6.64. The molecule has 0 aromatic heterocycles. The van der Waals surface area contributed by atoms with Gasteiger partial charge in [0.2, 0.25) is 0 Å². The van der Waals surface area contributed by atoms with Crippen LogP contribution in [0.1, 0.15) is 18.1 Å². The molecule has 0 aliphatic carbocycles. The Morgan fingerprint density at radius 3 is 2.37 bits per heavy atom. The molecule has 4 rings (SSSR count). The summed E-state index contributed by atoms with van der Waals surface area (Å²) in [5.74, 6) is -0.540. The van der Waals surface area contributed by atoms with Crippen LogP contribution in [0, 0.1) is 5.82 Å². The van der Waals surface area contributed by atoms with Crippen LogP contribution in [0.3, 0.4) is 0 Å². The van der Waals surface area contributed by atoms with Crippen molar-refractivity contribution in [2.75, 3.05) is 16.4 Å². The molecule has 0 bridgehead atoms. The van der Waals surface area contributed by atoms with Crippen molar-refractivity contribution in [1.29, 1.82) is 0 Å². The molecule has 0 radical (unpaired) electrons. The molecule has 5 nitrogen and oxygen atoms in total. The molecule has 2 aliphatic rings. The minimum Gasteiger partial charge on any atom is -0.314 e. The Hall–Kier alpha value is -2.41. The highest BCUT2D eigenvalue weighted by molar-refractivity contribution is 7.91. The van der Waals surface area contributed by atoms with Crippen LogP contribution >= 0.6 is 0 Å². The van der Waals surface area contributed by atoms with E-state index in [1.54, 1.807) is 23.1 Å². The average Bonchev–Trinajstić information content (AvgIpc) is 3.07. The van der Waals surface area contributed by atoms with E-state index < -0.39 is 27.7 Å². The molecular formula is C20H21FN2O3S. The highest BCUT2D eigenvalue weighted by Crippen LogP contribution is 2.36.